The first-order valence-electron chi connectivity index (χ1n) is 16.4. The summed E-state index contributed by atoms with van der Waals surface area (Å²) in [5.74, 6) is 2.20. The van der Waals surface area contributed by atoms with Crippen molar-refractivity contribution >= 4 is 11.6 Å². The third-order valence-corrected chi connectivity index (χ3v) is 11.7. The van der Waals surface area contributed by atoms with Gasteiger partial charge in [-0.15, -0.1) is 0 Å². The molecule has 4 atom stereocenters. The molecule has 2 fully saturated rings. The Morgan fingerprint density at radius 3 is 1.85 bits per heavy atom. The lowest BCUT2D eigenvalue weighted by atomic mass is 9.58. The molecular weight excluding hydrogens is 612 g/mol. The molecule has 48 heavy (non-hydrogen) atoms. The summed E-state index contributed by atoms with van der Waals surface area (Å²) < 4.78 is 30.1. The van der Waals surface area contributed by atoms with E-state index in [2.05, 4.69) is 30.0 Å². The molecule has 2 heterocycles. The standard InChI is InChI=1S/C38H40N2O8/c1-39-11-9-37-18-31(46-5)26(41)15-22(37)24(39)13-20-7-8-28(44-3)36(33(20)37)48-29-17-30(45-4)35(43)34-21(29)14-25-23-16-27(42)32(47-6)19-38(23,34)10-12-40(25)2/h7-8,15-19,24-25,43H,9-14H2,1-6H3/t24-,25+,37+,38-/m0/s1. The predicted octanol–water partition coefficient (Wildman–Crippen LogP) is 4.28. The molecule has 6 aliphatic rings. The van der Waals surface area contributed by atoms with Crippen LogP contribution in [-0.2, 0) is 42.7 Å². The summed E-state index contributed by atoms with van der Waals surface area (Å²) in [5, 5.41) is 11.9. The quantitative estimate of drug-likeness (QED) is 0.486. The van der Waals surface area contributed by atoms with E-state index in [-0.39, 0.29) is 40.9 Å². The van der Waals surface area contributed by atoms with Crippen molar-refractivity contribution < 1.29 is 38.4 Å². The number of ketones is 2. The molecule has 2 aliphatic heterocycles. The highest BCUT2D eigenvalue weighted by molar-refractivity contribution is 6.06. The van der Waals surface area contributed by atoms with Crippen molar-refractivity contribution in [2.45, 2.75) is 48.6 Å². The Kier molecular flexibility index (Phi) is 6.88. The largest absolute Gasteiger partial charge is 0.504 e. The fraction of sp³-hybridized carbons (Fsp3) is 0.421. The van der Waals surface area contributed by atoms with Crippen LogP contribution >= 0.6 is 0 Å². The fourth-order valence-electron chi connectivity index (χ4n) is 9.32. The minimum Gasteiger partial charge on any atom is -0.504 e. The molecule has 0 radical (unpaired) electrons. The molecular formula is C38H40N2O8. The second-order valence-electron chi connectivity index (χ2n) is 13.7. The lowest BCUT2D eigenvalue weighted by Crippen LogP contribution is -2.54. The van der Waals surface area contributed by atoms with Crippen molar-refractivity contribution in [3.8, 4) is 28.7 Å². The van der Waals surface area contributed by atoms with Gasteiger partial charge in [-0.05, 0) is 99.9 Å². The Morgan fingerprint density at radius 2 is 1.29 bits per heavy atom. The number of allylic oxidation sites excluding steroid dienone is 4. The summed E-state index contributed by atoms with van der Waals surface area (Å²) in [6.45, 7) is 1.58. The normalized spacial score (nSPS) is 28.8. The Morgan fingerprint density at radius 1 is 0.729 bits per heavy atom. The molecule has 2 saturated heterocycles. The first kappa shape index (κ1) is 30.8. The van der Waals surface area contributed by atoms with Gasteiger partial charge in [-0.1, -0.05) is 6.07 Å². The predicted molar refractivity (Wildman–Crippen MR) is 177 cm³/mol. The number of benzene rings is 2. The van der Waals surface area contributed by atoms with Crippen LogP contribution in [0.1, 0.15) is 35.1 Å². The lowest BCUT2D eigenvalue weighted by Gasteiger charge is -2.53. The maximum atomic E-state index is 13.2. The van der Waals surface area contributed by atoms with E-state index in [0.29, 0.717) is 47.8 Å². The number of aromatic hydroxyl groups is 1. The lowest BCUT2D eigenvalue weighted by molar-refractivity contribution is -0.115. The van der Waals surface area contributed by atoms with Gasteiger partial charge in [0.15, 0.2) is 34.5 Å². The molecule has 0 saturated carbocycles. The van der Waals surface area contributed by atoms with E-state index in [9.17, 15) is 14.7 Å². The van der Waals surface area contributed by atoms with Crippen molar-refractivity contribution in [3.05, 3.63) is 87.4 Å². The van der Waals surface area contributed by atoms with Crippen molar-refractivity contribution in [1.82, 2.24) is 9.80 Å². The average molecular weight is 653 g/mol. The number of phenols is 1. The number of carbonyl (C=O) groups is 2. The number of methoxy groups -OCH3 is 4. The van der Waals surface area contributed by atoms with Gasteiger partial charge >= 0.3 is 0 Å². The van der Waals surface area contributed by atoms with E-state index >= 15 is 0 Å². The van der Waals surface area contributed by atoms with Crippen molar-refractivity contribution in [3.63, 3.8) is 0 Å². The van der Waals surface area contributed by atoms with E-state index in [4.69, 9.17) is 23.7 Å². The van der Waals surface area contributed by atoms with Crippen molar-refractivity contribution in [1.29, 1.82) is 0 Å². The topological polar surface area (TPSA) is 107 Å². The molecule has 4 aliphatic carbocycles. The highest BCUT2D eigenvalue weighted by Gasteiger charge is 2.55. The zero-order valence-corrected chi connectivity index (χ0v) is 28.1. The number of likely N-dealkylation sites (N-methyl/N-ethyl adjacent to an activating group) is 2. The molecule has 2 aromatic rings. The maximum Gasteiger partial charge on any atom is 0.220 e. The molecule has 0 unspecified atom stereocenters. The Labute approximate surface area is 279 Å². The maximum absolute atomic E-state index is 13.2. The van der Waals surface area contributed by atoms with Gasteiger partial charge in [0.05, 0.1) is 28.4 Å². The average Bonchev–Trinajstić information content (AvgIpc) is 3.08. The number of carbonyl (C=O) groups excluding carboxylic acids is 2. The zero-order valence-electron chi connectivity index (χ0n) is 28.1. The minimum absolute atomic E-state index is 0.0253. The first-order chi connectivity index (χ1) is 23.1. The summed E-state index contributed by atoms with van der Waals surface area (Å²) in [4.78, 5) is 30.8. The highest BCUT2D eigenvalue weighted by atomic mass is 16.5. The van der Waals surface area contributed by atoms with Crippen LogP contribution in [0.3, 0.4) is 0 Å². The summed E-state index contributed by atoms with van der Waals surface area (Å²) >= 11 is 0. The van der Waals surface area contributed by atoms with Gasteiger partial charge in [-0.2, -0.15) is 0 Å². The van der Waals surface area contributed by atoms with Crippen LogP contribution in [0, 0.1) is 0 Å². The van der Waals surface area contributed by atoms with Gasteiger partial charge in [0.2, 0.25) is 11.6 Å². The summed E-state index contributed by atoms with van der Waals surface area (Å²) in [6, 6.07) is 5.75. The number of ether oxygens (including phenoxy) is 5. The van der Waals surface area contributed by atoms with Crippen molar-refractivity contribution in [2.75, 3.05) is 55.6 Å². The van der Waals surface area contributed by atoms with Crippen LogP contribution < -0.4 is 14.2 Å². The zero-order chi connectivity index (χ0) is 33.7. The van der Waals surface area contributed by atoms with Gasteiger partial charge in [0, 0.05) is 45.7 Å². The number of likely N-dealkylation sites (tertiary alicyclic amines) is 2. The van der Waals surface area contributed by atoms with E-state index in [1.54, 1.807) is 25.3 Å². The van der Waals surface area contributed by atoms with E-state index in [1.807, 2.05) is 18.2 Å². The van der Waals surface area contributed by atoms with Crippen LogP contribution in [0.5, 0.6) is 28.7 Å². The number of nitrogens with zero attached hydrogens (tertiary/aromatic N) is 2. The van der Waals surface area contributed by atoms with Gasteiger partial charge in [-0.25, -0.2) is 0 Å². The SMILES string of the molecule is COC1=C[C@@]23CCN(C)[C@@H](Cc4ccc(OC)c(Oc5cc(OC)c(O)c6c5C[C@@H]5C7=CC(=O)C(OC)=C[C@@]76CCN5C)c42)C3=CC1=O. The second-order valence-corrected chi connectivity index (χ2v) is 13.7. The summed E-state index contributed by atoms with van der Waals surface area (Å²) in [7, 11) is 10.4. The molecule has 0 aromatic heterocycles. The van der Waals surface area contributed by atoms with Crippen LogP contribution in [-0.4, -0.2) is 94.2 Å². The van der Waals surface area contributed by atoms with Crippen LogP contribution in [0.25, 0.3) is 0 Å². The number of fused-ring (bicyclic) bond motifs is 2. The number of rotatable bonds is 6. The summed E-state index contributed by atoms with van der Waals surface area (Å²) in [6.07, 6.45) is 9.88. The number of piperidine rings is 2. The van der Waals surface area contributed by atoms with Gasteiger partial charge < -0.3 is 28.8 Å². The monoisotopic (exact) mass is 652 g/mol. The minimum atomic E-state index is -0.781. The third-order valence-electron chi connectivity index (χ3n) is 11.7. The van der Waals surface area contributed by atoms with Crippen molar-refractivity contribution in [2.24, 2.45) is 0 Å². The number of hydrogen-bond donors (Lipinski definition) is 1. The van der Waals surface area contributed by atoms with Gasteiger partial charge in [0.25, 0.3) is 0 Å². The van der Waals surface area contributed by atoms with Gasteiger partial charge in [-0.3, -0.25) is 19.4 Å². The molecule has 1 N–H and O–H groups in total. The number of phenolic OH excluding ortho intramolecular Hbond substituents is 1. The highest BCUT2D eigenvalue weighted by Crippen LogP contribution is 2.60. The molecule has 0 amide bonds. The Hall–Kier alpha value is -4.54. The van der Waals surface area contributed by atoms with Gasteiger partial charge in [0.1, 0.15) is 5.75 Å². The van der Waals surface area contributed by atoms with E-state index in [0.717, 1.165) is 47.3 Å². The molecule has 2 aromatic carbocycles. The van der Waals surface area contributed by atoms with Crippen LogP contribution in [0.2, 0.25) is 0 Å². The second kappa shape index (κ2) is 10.7. The van der Waals surface area contributed by atoms with E-state index < -0.39 is 10.8 Å². The molecule has 10 nitrogen and oxygen atoms in total. The third kappa shape index (κ3) is 3.99. The Balaban J connectivity index is 1.38. The fourth-order valence-corrected chi connectivity index (χ4v) is 9.32. The van der Waals surface area contributed by atoms with Crippen LogP contribution in [0.4, 0.5) is 0 Å². The number of hydrogen-bond acceptors (Lipinski definition) is 10. The Bertz CT molecular complexity index is 1920. The molecule has 8 rings (SSSR count). The smallest absolute Gasteiger partial charge is 0.220 e. The first-order valence-corrected chi connectivity index (χ1v) is 16.4. The van der Waals surface area contributed by atoms with E-state index in [1.165, 1.54) is 21.3 Å². The molecule has 250 valence electrons. The molecule has 10 heteroatoms. The summed E-state index contributed by atoms with van der Waals surface area (Å²) in [5.41, 5.74) is 4.12. The van der Waals surface area contributed by atoms with Crippen LogP contribution in [0.15, 0.2) is 65.2 Å². The molecule has 4 bridgehead atoms. The molecule has 0 spiro atoms.